The number of carboxylic acid groups (broad SMARTS) is 1. The predicted octanol–water partition coefficient (Wildman–Crippen LogP) is 2.99. The molecule has 1 aliphatic heterocycles. The zero-order chi connectivity index (χ0) is 33.4. The number of carbonyl (C=O) groups is 3. The van der Waals surface area contributed by atoms with Gasteiger partial charge in [0.1, 0.15) is 0 Å². The SMILES string of the molecule is COC(=O)CC1(C(=O)Nc2ccc(-c3ccccc3S(N)(=O)=O)cc2)CC(c2cccc(/C=N/N)c2)=NO1.O=C(O)C(F)(F)F. The number of anilines is 1. The van der Waals surface area contributed by atoms with E-state index in [4.69, 9.17) is 30.5 Å². The van der Waals surface area contributed by atoms with Gasteiger partial charge < -0.3 is 25.8 Å². The van der Waals surface area contributed by atoms with Crippen LogP contribution in [0.1, 0.15) is 24.0 Å². The fourth-order valence-corrected chi connectivity index (χ4v) is 4.81. The lowest BCUT2D eigenvalue weighted by atomic mass is 9.89. The number of alkyl halides is 3. The van der Waals surface area contributed by atoms with Crippen molar-refractivity contribution in [1.82, 2.24) is 0 Å². The Kier molecular flexibility index (Phi) is 10.6. The maximum absolute atomic E-state index is 13.4. The number of hydrogen-bond acceptors (Lipinski definition) is 10. The molecule has 0 saturated heterocycles. The van der Waals surface area contributed by atoms with Gasteiger partial charge in [-0.05, 0) is 35.4 Å². The van der Waals surface area contributed by atoms with E-state index in [0.29, 0.717) is 28.1 Å². The van der Waals surface area contributed by atoms with Crippen LogP contribution in [-0.2, 0) is 34.0 Å². The number of nitrogens with one attached hydrogen (secondary N) is 1. The number of carboxylic acids is 1. The van der Waals surface area contributed by atoms with Crippen molar-refractivity contribution in [2.75, 3.05) is 12.4 Å². The van der Waals surface area contributed by atoms with Crippen molar-refractivity contribution >= 4 is 45.5 Å². The molecule has 0 aromatic heterocycles. The largest absolute Gasteiger partial charge is 0.490 e. The quantitative estimate of drug-likeness (QED) is 0.122. The molecule has 6 N–H and O–H groups in total. The molecule has 3 aromatic rings. The van der Waals surface area contributed by atoms with Crippen LogP contribution in [-0.4, -0.2) is 62.2 Å². The second-order valence-electron chi connectivity index (χ2n) is 9.33. The summed E-state index contributed by atoms with van der Waals surface area (Å²) in [6.45, 7) is 0. The molecule has 238 valence electrons. The number of hydrazone groups is 1. The Hall–Kier alpha value is -5.29. The Bertz CT molecular complexity index is 1750. The number of carbonyl (C=O) groups excluding carboxylic acids is 2. The molecule has 0 aliphatic carbocycles. The smallest absolute Gasteiger partial charge is 0.475 e. The molecule has 1 heterocycles. The van der Waals surface area contributed by atoms with Gasteiger partial charge in [0.15, 0.2) is 0 Å². The number of nitrogens with two attached hydrogens (primary N) is 2. The minimum atomic E-state index is -5.08. The number of aliphatic carboxylic acids is 1. The Balaban J connectivity index is 0.000000707. The van der Waals surface area contributed by atoms with Crippen molar-refractivity contribution in [1.29, 1.82) is 0 Å². The van der Waals surface area contributed by atoms with E-state index in [0.717, 1.165) is 5.56 Å². The van der Waals surface area contributed by atoms with Crippen LogP contribution < -0.4 is 16.3 Å². The number of sulfonamides is 1. The van der Waals surface area contributed by atoms with Gasteiger partial charge in [-0.15, -0.1) is 0 Å². The summed E-state index contributed by atoms with van der Waals surface area (Å²) in [5.74, 6) is 1.24. The first-order valence-electron chi connectivity index (χ1n) is 12.6. The van der Waals surface area contributed by atoms with E-state index in [1.165, 1.54) is 19.4 Å². The maximum Gasteiger partial charge on any atom is 0.490 e. The maximum atomic E-state index is 13.4. The number of oxime groups is 1. The monoisotopic (exact) mass is 649 g/mol. The predicted molar refractivity (Wildman–Crippen MR) is 155 cm³/mol. The molecule has 45 heavy (non-hydrogen) atoms. The summed E-state index contributed by atoms with van der Waals surface area (Å²) in [5, 5.41) is 22.8. The second kappa shape index (κ2) is 14.0. The van der Waals surface area contributed by atoms with Crippen molar-refractivity contribution in [3.63, 3.8) is 0 Å². The summed E-state index contributed by atoms with van der Waals surface area (Å²) in [4.78, 5) is 40.1. The number of esters is 1. The highest BCUT2D eigenvalue weighted by Gasteiger charge is 2.49. The molecule has 17 heteroatoms. The molecular formula is C28H26F3N5O8S. The number of rotatable bonds is 8. The molecule has 1 amide bonds. The normalized spacial score (nSPS) is 16.2. The van der Waals surface area contributed by atoms with Crippen LogP contribution in [0.4, 0.5) is 18.9 Å². The van der Waals surface area contributed by atoms with E-state index in [-0.39, 0.29) is 17.7 Å². The minimum absolute atomic E-state index is 0.0109. The molecule has 0 spiro atoms. The van der Waals surface area contributed by atoms with Crippen LogP contribution >= 0.6 is 0 Å². The van der Waals surface area contributed by atoms with Gasteiger partial charge in [0.2, 0.25) is 15.6 Å². The third kappa shape index (κ3) is 8.87. The van der Waals surface area contributed by atoms with E-state index >= 15 is 0 Å². The Morgan fingerprint density at radius 1 is 1.09 bits per heavy atom. The molecule has 0 fully saturated rings. The summed E-state index contributed by atoms with van der Waals surface area (Å²) in [6.07, 6.45) is -3.97. The molecule has 1 atom stereocenters. The molecule has 4 rings (SSSR count). The highest BCUT2D eigenvalue weighted by atomic mass is 32.2. The number of amides is 1. The summed E-state index contributed by atoms with van der Waals surface area (Å²) in [7, 11) is -2.71. The number of nitrogens with zero attached hydrogens (tertiary/aromatic N) is 2. The van der Waals surface area contributed by atoms with Crippen LogP contribution in [0.2, 0.25) is 0 Å². The lowest BCUT2D eigenvalue weighted by Crippen LogP contribution is -2.45. The molecular weight excluding hydrogens is 623 g/mol. The van der Waals surface area contributed by atoms with Gasteiger partial charge in [-0.3, -0.25) is 9.59 Å². The van der Waals surface area contributed by atoms with Gasteiger partial charge >= 0.3 is 18.1 Å². The van der Waals surface area contributed by atoms with E-state index < -0.39 is 39.6 Å². The van der Waals surface area contributed by atoms with Crippen LogP contribution in [0.15, 0.2) is 87.9 Å². The average Bonchev–Trinajstić information content (AvgIpc) is 3.42. The standard InChI is InChI=1S/C26H25N5O6S.C2HF3O2/c1-36-24(32)15-26(14-22(31-37-26)19-6-4-5-17(13-19)16-29-27)25(33)30-20-11-9-18(10-12-20)21-7-2-3-8-23(21)38(28,34)35;3-2(4,5)1(6)7/h2-13,16H,14-15,27H2,1H3,(H,30,33)(H2,28,34,35);(H,6,7)/b29-16+;. The Labute approximate surface area is 254 Å². The molecule has 0 radical (unpaired) electrons. The topological polar surface area (TPSA) is 213 Å². The van der Waals surface area contributed by atoms with E-state index in [1.54, 1.807) is 66.7 Å². The summed E-state index contributed by atoms with van der Waals surface area (Å²) in [5.41, 5.74) is 1.64. The fourth-order valence-electron chi connectivity index (χ4n) is 4.05. The first kappa shape index (κ1) is 34.2. The third-order valence-corrected chi connectivity index (χ3v) is 7.16. The molecule has 13 nitrogen and oxygen atoms in total. The molecule has 0 bridgehead atoms. The highest BCUT2D eigenvalue weighted by Crippen LogP contribution is 2.33. The van der Waals surface area contributed by atoms with Crippen LogP contribution in [0.3, 0.4) is 0 Å². The number of ether oxygens (including phenoxy) is 1. The van der Waals surface area contributed by atoms with Crippen molar-refractivity contribution in [3.05, 3.63) is 83.9 Å². The van der Waals surface area contributed by atoms with Gasteiger partial charge in [-0.1, -0.05) is 53.7 Å². The number of halogens is 3. The van der Waals surface area contributed by atoms with E-state index in [1.807, 2.05) is 0 Å². The van der Waals surface area contributed by atoms with Gasteiger partial charge in [-0.25, -0.2) is 18.4 Å². The van der Waals surface area contributed by atoms with Crippen LogP contribution in [0.25, 0.3) is 11.1 Å². The molecule has 1 unspecified atom stereocenters. The Morgan fingerprint density at radius 3 is 2.31 bits per heavy atom. The summed E-state index contributed by atoms with van der Waals surface area (Å²) in [6, 6.07) is 20.0. The minimum Gasteiger partial charge on any atom is -0.475 e. The van der Waals surface area contributed by atoms with E-state index in [2.05, 4.69) is 15.6 Å². The highest BCUT2D eigenvalue weighted by molar-refractivity contribution is 7.89. The zero-order valence-corrected chi connectivity index (χ0v) is 24.1. The Morgan fingerprint density at radius 2 is 1.73 bits per heavy atom. The summed E-state index contributed by atoms with van der Waals surface area (Å²) >= 11 is 0. The number of benzene rings is 3. The lowest BCUT2D eigenvalue weighted by Gasteiger charge is -2.24. The second-order valence-corrected chi connectivity index (χ2v) is 10.9. The van der Waals surface area contributed by atoms with Gasteiger partial charge in [0.05, 0.1) is 30.4 Å². The van der Waals surface area contributed by atoms with Gasteiger partial charge in [0, 0.05) is 23.2 Å². The fraction of sp³-hybridized carbons (Fsp3) is 0.179. The molecule has 3 aromatic carbocycles. The first-order chi connectivity index (χ1) is 21.1. The van der Waals surface area contributed by atoms with Crippen molar-refractivity contribution in [2.45, 2.75) is 29.5 Å². The van der Waals surface area contributed by atoms with Crippen molar-refractivity contribution in [3.8, 4) is 11.1 Å². The van der Waals surface area contributed by atoms with Crippen LogP contribution in [0.5, 0.6) is 0 Å². The lowest BCUT2D eigenvalue weighted by molar-refractivity contribution is -0.192. The summed E-state index contributed by atoms with van der Waals surface area (Å²) < 4.78 is 60.5. The number of hydrogen-bond donors (Lipinski definition) is 4. The third-order valence-electron chi connectivity index (χ3n) is 6.19. The van der Waals surface area contributed by atoms with Gasteiger partial charge in [-0.2, -0.15) is 18.3 Å². The number of methoxy groups -OCH3 is 1. The van der Waals surface area contributed by atoms with Crippen molar-refractivity contribution < 1.29 is 50.7 Å². The molecule has 0 saturated carbocycles. The van der Waals surface area contributed by atoms with Gasteiger partial charge in [0.25, 0.3) is 5.91 Å². The average molecular weight is 650 g/mol. The van der Waals surface area contributed by atoms with E-state index in [9.17, 15) is 31.2 Å². The number of primary sulfonamides is 1. The van der Waals surface area contributed by atoms with Crippen molar-refractivity contribution in [2.24, 2.45) is 21.2 Å². The van der Waals surface area contributed by atoms with Crippen LogP contribution in [0, 0.1) is 0 Å². The zero-order valence-electron chi connectivity index (χ0n) is 23.3. The molecule has 1 aliphatic rings. The first-order valence-corrected chi connectivity index (χ1v) is 14.1.